The van der Waals surface area contributed by atoms with E-state index in [0.717, 1.165) is 0 Å². The molecule has 3 heterocycles. The van der Waals surface area contributed by atoms with E-state index in [1.165, 1.54) is 6.07 Å². The Kier molecular flexibility index (Phi) is 4.14. The van der Waals surface area contributed by atoms with Gasteiger partial charge in [-0.1, -0.05) is 20.8 Å². The second kappa shape index (κ2) is 5.65. The van der Waals surface area contributed by atoms with Crippen LogP contribution in [0.2, 0.25) is 18.1 Å². The van der Waals surface area contributed by atoms with Crippen molar-refractivity contribution in [3.05, 3.63) is 22.6 Å². The van der Waals surface area contributed by atoms with Crippen molar-refractivity contribution in [3.63, 3.8) is 0 Å². The summed E-state index contributed by atoms with van der Waals surface area (Å²) in [5, 5.41) is 10.1. The number of aromatic nitrogens is 2. The summed E-state index contributed by atoms with van der Waals surface area (Å²) in [5.41, 5.74) is -1.29. The molecule has 0 aliphatic carbocycles. The Morgan fingerprint density at radius 1 is 1.50 bits per heavy atom. The molecule has 0 saturated carbocycles. The Morgan fingerprint density at radius 3 is 2.83 bits per heavy atom. The summed E-state index contributed by atoms with van der Waals surface area (Å²) < 4.78 is 20.1. The molecule has 1 saturated heterocycles. The first-order chi connectivity index (χ1) is 11.1. The Labute approximate surface area is 142 Å². The topological polar surface area (TPSA) is 82.8 Å². The van der Waals surface area contributed by atoms with Crippen molar-refractivity contribution in [3.8, 4) is 6.01 Å². The molecule has 2 aliphatic heterocycles. The number of hydrogen-bond acceptors (Lipinski definition) is 6. The molecule has 0 spiro atoms. The predicted molar refractivity (Wildman–Crippen MR) is 90.6 cm³/mol. The number of fused-ring (bicyclic) bond motifs is 4. The number of hydrogen-bond donors (Lipinski definition) is 1. The molecule has 0 amide bonds. The number of rotatable bonds is 3. The summed E-state index contributed by atoms with van der Waals surface area (Å²) in [7, 11) is -2.03. The second-order valence-corrected chi connectivity index (χ2v) is 12.9. The van der Waals surface area contributed by atoms with Gasteiger partial charge >= 0.3 is 6.01 Å². The fourth-order valence-corrected chi connectivity index (χ4v) is 4.25. The molecule has 7 nitrogen and oxygen atoms in total. The van der Waals surface area contributed by atoms with Gasteiger partial charge in [-0.15, -0.1) is 0 Å². The maximum atomic E-state index is 11.5. The molecule has 0 aromatic carbocycles. The van der Waals surface area contributed by atoms with Crippen LogP contribution in [-0.4, -0.2) is 47.9 Å². The van der Waals surface area contributed by atoms with Crippen LogP contribution < -0.4 is 10.3 Å². The van der Waals surface area contributed by atoms with Crippen LogP contribution in [0.1, 0.15) is 33.4 Å². The van der Waals surface area contributed by atoms with Crippen LogP contribution in [-0.2, 0) is 9.16 Å². The molecule has 8 heteroatoms. The summed E-state index contributed by atoms with van der Waals surface area (Å²) in [4.78, 5) is 15.3. The molecule has 0 radical (unpaired) electrons. The molecule has 1 aromatic heterocycles. The summed E-state index contributed by atoms with van der Waals surface area (Å²) in [6.45, 7) is 10.8. The van der Waals surface area contributed by atoms with Gasteiger partial charge in [0.2, 0.25) is 0 Å². The molecule has 1 fully saturated rings. The van der Waals surface area contributed by atoms with E-state index >= 15 is 0 Å². The Morgan fingerprint density at radius 2 is 2.21 bits per heavy atom. The lowest BCUT2D eigenvalue weighted by atomic mass is 9.98. The average Bonchev–Trinajstić information content (AvgIpc) is 2.73. The quantitative estimate of drug-likeness (QED) is 0.832. The minimum Gasteiger partial charge on any atom is -0.461 e. The van der Waals surface area contributed by atoms with Gasteiger partial charge in [0.05, 0.1) is 12.7 Å². The molecular weight excluding hydrogens is 328 g/mol. The Bertz CT molecular complexity index is 684. The molecule has 1 N–H and O–H groups in total. The van der Waals surface area contributed by atoms with E-state index in [2.05, 4.69) is 38.8 Å². The molecule has 24 heavy (non-hydrogen) atoms. The molecule has 2 aliphatic rings. The smallest absolute Gasteiger partial charge is 0.301 e. The highest BCUT2D eigenvalue weighted by Gasteiger charge is 2.55. The standard InChI is InChI=1S/C16H26N2O5Si/c1-15(2,3)24(4,5)23-11-8-13-18-7-6-12(20)17-14(18)21-10-16(11,9-19)22-13/h6-7,11,13,19H,8-10H2,1-5H3/t11?,13-,16-/m1/s1. The first-order valence-corrected chi connectivity index (χ1v) is 11.2. The second-order valence-electron chi connectivity index (χ2n) is 8.14. The molecule has 3 atom stereocenters. The molecule has 134 valence electrons. The van der Waals surface area contributed by atoms with Gasteiger partial charge in [-0.25, -0.2) is 0 Å². The highest BCUT2D eigenvalue weighted by molar-refractivity contribution is 6.74. The van der Waals surface area contributed by atoms with Crippen LogP contribution in [0.25, 0.3) is 0 Å². The van der Waals surface area contributed by atoms with E-state index in [9.17, 15) is 9.90 Å². The fraction of sp³-hybridized carbons (Fsp3) is 0.750. The maximum absolute atomic E-state index is 11.5. The number of nitrogens with zero attached hydrogens (tertiary/aromatic N) is 2. The highest BCUT2D eigenvalue weighted by Crippen LogP contribution is 2.46. The van der Waals surface area contributed by atoms with Crippen molar-refractivity contribution in [2.75, 3.05) is 13.2 Å². The average molecular weight is 354 g/mol. The largest absolute Gasteiger partial charge is 0.461 e. The monoisotopic (exact) mass is 354 g/mol. The van der Waals surface area contributed by atoms with Gasteiger partial charge in [0, 0.05) is 18.7 Å². The lowest BCUT2D eigenvalue weighted by molar-refractivity contribution is -0.130. The molecule has 3 rings (SSSR count). The predicted octanol–water partition coefficient (Wildman–Crippen LogP) is 1.68. The van der Waals surface area contributed by atoms with Crippen LogP contribution in [0.3, 0.4) is 0 Å². The van der Waals surface area contributed by atoms with Crippen molar-refractivity contribution < 1.29 is 19.0 Å². The number of aliphatic hydroxyl groups is 1. The molecular formula is C16H26N2O5Si. The number of ether oxygens (including phenoxy) is 2. The lowest BCUT2D eigenvalue weighted by Gasteiger charge is -2.42. The van der Waals surface area contributed by atoms with E-state index in [-0.39, 0.29) is 42.2 Å². The first kappa shape index (κ1) is 17.6. The minimum absolute atomic E-state index is 0.0569. The Hall–Kier alpha value is -1.22. The van der Waals surface area contributed by atoms with Crippen LogP contribution in [0.4, 0.5) is 0 Å². The zero-order chi connectivity index (χ0) is 17.8. The molecule has 1 aromatic rings. The van der Waals surface area contributed by atoms with Gasteiger partial charge in [0.1, 0.15) is 12.8 Å². The fourth-order valence-electron chi connectivity index (χ4n) is 2.87. The third-order valence-corrected chi connectivity index (χ3v) is 9.93. The van der Waals surface area contributed by atoms with Crippen LogP contribution in [0.15, 0.2) is 17.1 Å². The zero-order valence-corrected chi connectivity index (χ0v) is 15.9. The van der Waals surface area contributed by atoms with Gasteiger partial charge in [-0.2, -0.15) is 4.98 Å². The summed E-state index contributed by atoms with van der Waals surface area (Å²) in [6, 6.07) is 1.61. The normalized spacial score (nSPS) is 29.8. The van der Waals surface area contributed by atoms with E-state index in [1.807, 2.05) is 0 Å². The van der Waals surface area contributed by atoms with Crippen molar-refractivity contribution in [2.24, 2.45) is 0 Å². The van der Waals surface area contributed by atoms with Gasteiger partial charge in [-0.3, -0.25) is 9.36 Å². The van der Waals surface area contributed by atoms with E-state index < -0.39 is 13.9 Å². The van der Waals surface area contributed by atoms with Crippen LogP contribution in [0.5, 0.6) is 6.01 Å². The lowest BCUT2D eigenvalue weighted by Crippen LogP contribution is -2.55. The van der Waals surface area contributed by atoms with Crippen LogP contribution in [0, 0.1) is 0 Å². The van der Waals surface area contributed by atoms with Crippen molar-refractivity contribution in [1.29, 1.82) is 0 Å². The van der Waals surface area contributed by atoms with Gasteiger partial charge in [0.25, 0.3) is 5.56 Å². The molecule has 1 unspecified atom stereocenters. The van der Waals surface area contributed by atoms with Crippen molar-refractivity contribution >= 4 is 8.32 Å². The SMILES string of the molecule is CC(C)(C)[Si](C)(C)OC1C[C@H]2O[C@]1(CO)COc1nc(=O)ccn12. The Balaban J connectivity index is 1.93. The summed E-state index contributed by atoms with van der Waals surface area (Å²) >= 11 is 0. The van der Waals surface area contributed by atoms with Gasteiger partial charge in [-0.05, 0) is 18.1 Å². The minimum atomic E-state index is -2.03. The van der Waals surface area contributed by atoms with E-state index in [4.69, 9.17) is 13.9 Å². The zero-order valence-electron chi connectivity index (χ0n) is 14.9. The molecule has 2 bridgehead atoms. The van der Waals surface area contributed by atoms with Gasteiger partial charge in [0.15, 0.2) is 13.9 Å². The highest BCUT2D eigenvalue weighted by atomic mass is 28.4. The maximum Gasteiger partial charge on any atom is 0.301 e. The first-order valence-electron chi connectivity index (χ1n) is 8.26. The third-order valence-electron chi connectivity index (χ3n) is 5.44. The summed E-state index contributed by atoms with van der Waals surface area (Å²) in [6.07, 6.45) is 1.59. The number of aliphatic hydroxyl groups excluding tert-OH is 1. The van der Waals surface area contributed by atoms with E-state index in [1.54, 1.807) is 10.8 Å². The van der Waals surface area contributed by atoms with E-state index in [0.29, 0.717) is 6.42 Å². The summed E-state index contributed by atoms with van der Waals surface area (Å²) in [5.74, 6) is 0. The third kappa shape index (κ3) is 2.81. The van der Waals surface area contributed by atoms with Crippen molar-refractivity contribution in [1.82, 2.24) is 9.55 Å². The van der Waals surface area contributed by atoms with Gasteiger partial charge < -0.3 is 19.0 Å². The van der Waals surface area contributed by atoms with Crippen LogP contribution >= 0.6 is 0 Å². The van der Waals surface area contributed by atoms with Crippen molar-refractivity contribution in [2.45, 2.75) is 63.3 Å².